The number of aliphatic hydroxyl groups is 1. The number of carboxylic acid groups (broad SMARTS) is 1. The summed E-state index contributed by atoms with van der Waals surface area (Å²) in [6, 6.07) is 9.57. The van der Waals surface area contributed by atoms with Gasteiger partial charge in [-0.2, -0.15) is 0 Å². The molecule has 1 rings (SSSR count). The summed E-state index contributed by atoms with van der Waals surface area (Å²) in [6.45, 7) is 5.26. The standard InChI is InChI=1S/C17H26N2O3.CH4O/c1-3-7-14(2)10-18-16(20)12-19(13-17(21)22)11-15-8-5-4-6-9-15;1-2/h4-6,8-9,14H,3,7,10-13H2,1-2H3,(H,18,20)(H,21,22);2H,1H3. The van der Waals surface area contributed by atoms with Gasteiger partial charge in [0.1, 0.15) is 0 Å². The second kappa shape index (κ2) is 13.5. The molecule has 136 valence electrons. The lowest BCUT2D eigenvalue weighted by molar-refractivity contribution is -0.138. The van der Waals surface area contributed by atoms with Gasteiger partial charge in [0, 0.05) is 20.2 Å². The van der Waals surface area contributed by atoms with Gasteiger partial charge < -0.3 is 15.5 Å². The Morgan fingerprint density at radius 1 is 1.17 bits per heavy atom. The molecule has 0 heterocycles. The maximum Gasteiger partial charge on any atom is 0.317 e. The van der Waals surface area contributed by atoms with Crippen LogP contribution in [0, 0.1) is 5.92 Å². The number of carbonyl (C=O) groups is 2. The van der Waals surface area contributed by atoms with Crippen LogP contribution in [0.25, 0.3) is 0 Å². The molecule has 3 N–H and O–H groups in total. The number of nitrogens with zero attached hydrogens (tertiary/aromatic N) is 1. The van der Waals surface area contributed by atoms with Gasteiger partial charge in [0.05, 0.1) is 13.1 Å². The van der Waals surface area contributed by atoms with Crippen LogP contribution < -0.4 is 5.32 Å². The van der Waals surface area contributed by atoms with Crippen molar-refractivity contribution in [1.29, 1.82) is 0 Å². The van der Waals surface area contributed by atoms with E-state index in [-0.39, 0.29) is 19.0 Å². The van der Waals surface area contributed by atoms with Crippen LogP contribution in [-0.2, 0) is 16.1 Å². The van der Waals surface area contributed by atoms with Crippen molar-refractivity contribution >= 4 is 11.9 Å². The van der Waals surface area contributed by atoms with Gasteiger partial charge in [-0.05, 0) is 17.9 Å². The van der Waals surface area contributed by atoms with Crippen LogP contribution in [0.1, 0.15) is 32.3 Å². The van der Waals surface area contributed by atoms with Crippen molar-refractivity contribution in [2.45, 2.75) is 33.2 Å². The Morgan fingerprint density at radius 3 is 2.33 bits per heavy atom. The highest BCUT2D eigenvalue weighted by Gasteiger charge is 2.15. The summed E-state index contributed by atoms with van der Waals surface area (Å²) in [5.74, 6) is -0.612. The van der Waals surface area contributed by atoms with Gasteiger partial charge in [0.25, 0.3) is 0 Å². The molecule has 0 aliphatic heterocycles. The highest BCUT2D eigenvalue weighted by atomic mass is 16.4. The quantitative estimate of drug-likeness (QED) is 0.604. The predicted molar refractivity (Wildman–Crippen MR) is 94.6 cm³/mol. The normalized spacial score (nSPS) is 11.4. The van der Waals surface area contributed by atoms with Crippen molar-refractivity contribution in [3.63, 3.8) is 0 Å². The molecular weight excluding hydrogens is 308 g/mol. The molecular formula is C18H30N2O4. The minimum Gasteiger partial charge on any atom is -0.480 e. The third-order valence-corrected chi connectivity index (χ3v) is 3.40. The maximum atomic E-state index is 12.0. The average molecular weight is 338 g/mol. The van der Waals surface area contributed by atoms with E-state index < -0.39 is 5.97 Å². The van der Waals surface area contributed by atoms with Crippen molar-refractivity contribution in [1.82, 2.24) is 10.2 Å². The molecule has 1 aromatic rings. The van der Waals surface area contributed by atoms with Gasteiger partial charge in [-0.15, -0.1) is 0 Å². The summed E-state index contributed by atoms with van der Waals surface area (Å²) >= 11 is 0. The number of nitrogens with one attached hydrogen (secondary N) is 1. The first-order chi connectivity index (χ1) is 11.5. The number of hydrogen-bond acceptors (Lipinski definition) is 4. The van der Waals surface area contributed by atoms with Crippen LogP contribution in [-0.4, -0.2) is 53.7 Å². The Kier molecular flexibility index (Phi) is 12.4. The number of amides is 1. The van der Waals surface area contributed by atoms with E-state index in [1.54, 1.807) is 4.90 Å². The zero-order valence-electron chi connectivity index (χ0n) is 14.9. The maximum absolute atomic E-state index is 12.0. The second-order valence-corrected chi connectivity index (χ2v) is 5.72. The predicted octanol–water partition coefficient (Wildman–Crippen LogP) is 1.73. The fourth-order valence-corrected chi connectivity index (χ4v) is 2.34. The molecule has 0 aromatic heterocycles. The van der Waals surface area contributed by atoms with Crippen molar-refractivity contribution < 1.29 is 19.8 Å². The summed E-state index contributed by atoms with van der Waals surface area (Å²) in [7, 11) is 1.00. The van der Waals surface area contributed by atoms with E-state index in [1.807, 2.05) is 30.3 Å². The zero-order valence-corrected chi connectivity index (χ0v) is 14.9. The lowest BCUT2D eigenvalue weighted by Gasteiger charge is -2.20. The van der Waals surface area contributed by atoms with Crippen LogP contribution in [0.5, 0.6) is 0 Å². The van der Waals surface area contributed by atoms with E-state index in [9.17, 15) is 9.59 Å². The Hall–Kier alpha value is -1.92. The minimum atomic E-state index is -0.928. The Morgan fingerprint density at radius 2 is 1.79 bits per heavy atom. The third-order valence-electron chi connectivity index (χ3n) is 3.40. The first-order valence-corrected chi connectivity index (χ1v) is 8.20. The van der Waals surface area contributed by atoms with Gasteiger partial charge >= 0.3 is 5.97 Å². The monoisotopic (exact) mass is 338 g/mol. The zero-order chi connectivity index (χ0) is 18.4. The average Bonchev–Trinajstić information content (AvgIpc) is 2.55. The molecule has 0 bridgehead atoms. The van der Waals surface area contributed by atoms with E-state index in [2.05, 4.69) is 19.2 Å². The molecule has 0 fully saturated rings. The van der Waals surface area contributed by atoms with Crippen molar-refractivity contribution in [3.05, 3.63) is 35.9 Å². The van der Waals surface area contributed by atoms with E-state index in [0.29, 0.717) is 19.0 Å². The van der Waals surface area contributed by atoms with Crippen molar-refractivity contribution in [2.75, 3.05) is 26.7 Å². The molecule has 6 heteroatoms. The number of rotatable bonds is 10. The molecule has 0 saturated heterocycles. The molecule has 24 heavy (non-hydrogen) atoms. The minimum absolute atomic E-state index is 0.0973. The van der Waals surface area contributed by atoms with Crippen LogP contribution in [0.15, 0.2) is 30.3 Å². The smallest absolute Gasteiger partial charge is 0.317 e. The second-order valence-electron chi connectivity index (χ2n) is 5.72. The van der Waals surface area contributed by atoms with Crippen molar-refractivity contribution in [2.24, 2.45) is 5.92 Å². The number of hydrogen-bond donors (Lipinski definition) is 3. The molecule has 0 spiro atoms. The Balaban J connectivity index is 0.00000254. The molecule has 0 saturated carbocycles. The lowest BCUT2D eigenvalue weighted by Crippen LogP contribution is -2.40. The highest BCUT2D eigenvalue weighted by Crippen LogP contribution is 2.05. The summed E-state index contributed by atoms with van der Waals surface area (Å²) in [4.78, 5) is 24.6. The van der Waals surface area contributed by atoms with Crippen molar-refractivity contribution in [3.8, 4) is 0 Å². The summed E-state index contributed by atoms with van der Waals surface area (Å²) in [6.07, 6.45) is 2.17. The fraction of sp³-hybridized carbons (Fsp3) is 0.556. The van der Waals surface area contributed by atoms with Gasteiger partial charge in [0.2, 0.25) is 5.91 Å². The largest absolute Gasteiger partial charge is 0.480 e. The van der Waals surface area contributed by atoms with Gasteiger partial charge in [-0.25, -0.2) is 0 Å². The molecule has 0 radical (unpaired) electrons. The van der Waals surface area contributed by atoms with E-state index in [1.165, 1.54) is 0 Å². The van der Waals surface area contributed by atoms with E-state index in [4.69, 9.17) is 10.2 Å². The van der Waals surface area contributed by atoms with Gasteiger partial charge in [-0.3, -0.25) is 14.5 Å². The number of benzene rings is 1. The number of aliphatic hydroxyl groups excluding tert-OH is 1. The van der Waals surface area contributed by atoms with Gasteiger partial charge in [-0.1, -0.05) is 50.6 Å². The molecule has 1 atom stereocenters. The number of aliphatic carboxylic acids is 1. The lowest BCUT2D eigenvalue weighted by atomic mass is 10.1. The molecule has 1 amide bonds. The Bertz CT molecular complexity index is 465. The highest BCUT2D eigenvalue weighted by molar-refractivity contribution is 5.79. The van der Waals surface area contributed by atoms with Crippen LogP contribution in [0.2, 0.25) is 0 Å². The first-order valence-electron chi connectivity index (χ1n) is 8.20. The molecule has 6 nitrogen and oxygen atoms in total. The Labute approximate surface area is 144 Å². The first kappa shape index (κ1) is 22.1. The summed E-state index contributed by atoms with van der Waals surface area (Å²) < 4.78 is 0. The third kappa shape index (κ3) is 10.7. The summed E-state index contributed by atoms with van der Waals surface area (Å²) in [5.41, 5.74) is 0.996. The SMILES string of the molecule is CCCC(C)CNC(=O)CN(CC(=O)O)Cc1ccccc1.CO. The topological polar surface area (TPSA) is 89.9 Å². The number of carbonyl (C=O) groups excluding carboxylic acids is 1. The van der Waals surface area contributed by atoms with E-state index in [0.717, 1.165) is 25.5 Å². The fourth-order valence-electron chi connectivity index (χ4n) is 2.34. The van der Waals surface area contributed by atoms with Crippen LogP contribution in [0.3, 0.4) is 0 Å². The molecule has 1 unspecified atom stereocenters. The van der Waals surface area contributed by atoms with Gasteiger partial charge in [0.15, 0.2) is 0 Å². The van der Waals surface area contributed by atoms with E-state index >= 15 is 0 Å². The molecule has 1 aromatic carbocycles. The summed E-state index contributed by atoms with van der Waals surface area (Å²) in [5, 5.41) is 18.9. The molecule has 0 aliphatic rings. The number of carboxylic acids is 1. The van der Waals surface area contributed by atoms with Crippen LogP contribution in [0.4, 0.5) is 0 Å². The molecule has 0 aliphatic carbocycles. The van der Waals surface area contributed by atoms with Crippen LogP contribution >= 0.6 is 0 Å².